The van der Waals surface area contributed by atoms with Gasteiger partial charge in [-0.1, -0.05) is 60.7 Å². The average Bonchev–Trinajstić information content (AvgIpc) is 3.11. The first-order valence-electron chi connectivity index (χ1n) is 11.7. The van der Waals surface area contributed by atoms with E-state index in [2.05, 4.69) is 56.8 Å². The van der Waals surface area contributed by atoms with Crippen molar-refractivity contribution in [1.82, 2.24) is 20.4 Å². The number of urea groups is 1. The van der Waals surface area contributed by atoms with Gasteiger partial charge in [-0.25, -0.2) is 4.79 Å². The third-order valence-corrected chi connectivity index (χ3v) is 6.64. The monoisotopic (exact) mass is 448 g/mol. The van der Waals surface area contributed by atoms with Crippen molar-refractivity contribution in [3.63, 3.8) is 0 Å². The number of rotatable bonds is 4. The minimum atomic E-state index is -0.662. The third kappa shape index (κ3) is 6.27. The van der Waals surface area contributed by atoms with Crippen LogP contribution in [0.2, 0.25) is 0 Å². The van der Waals surface area contributed by atoms with E-state index in [0.29, 0.717) is 18.6 Å². The van der Waals surface area contributed by atoms with E-state index < -0.39 is 5.54 Å². The van der Waals surface area contributed by atoms with Crippen LogP contribution in [0.15, 0.2) is 60.7 Å². The number of carbonyl (C=O) groups excluding carboxylic acids is 3. The van der Waals surface area contributed by atoms with Crippen molar-refractivity contribution in [2.75, 3.05) is 26.2 Å². The maximum absolute atomic E-state index is 11.8. The molecule has 3 heterocycles. The van der Waals surface area contributed by atoms with Crippen molar-refractivity contribution in [3.05, 3.63) is 71.8 Å². The van der Waals surface area contributed by atoms with Gasteiger partial charge >= 0.3 is 6.03 Å². The molecule has 0 radical (unpaired) electrons. The second kappa shape index (κ2) is 10.7. The van der Waals surface area contributed by atoms with Gasteiger partial charge in [0.25, 0.3) is 5.91 Å². The molecular formula is C26H32N4O3. The molecule has 2 N–H and O–H groups in total. The van der Waals surface area contributed by atoms with Crippen LogP contribution in [0.5, 0.6) is 0 Å². The van der Waals surface area contributed by atoms with Crippen LogP contribution in [-0.4, -0.2) is 59.2 Å². The van der Waals surface area contributed by atoms with Gasteiger partial charge in [0.2, 0.25) is 0 Å². The molecule has 0 bridgehead atoms. The first-order valence-corrected chi connectivity index (χ1v) is 11.7. The van der Waals surface area contributed by atoms with E-state index in [0.717, 1.165) is 52.1 Å². The Morgan fingerprint density at radius 2 is 1.18 bits per heavy atom. The normalized spacial score (nSPS) is 20.7. The van der Waals surface area contributed by atoms with Gasteiger partial charge in [-0.05, 0) is 24.0 Å². The summed E-state index contributed by atoms with van der Waals surface area (Å²) in [6, 6.07) is 20.3. The van der Waals surface area contributed by atoms with Gasteiger partial charge in [0, 0.05) is 52.1 Å². The van der Waals surface area contributed by atoms with Gasteiger partial charge in [-0.3, -0.25) is 24.7 Å². The number of amides is 3. The zero-order valence-electron chi connectivity index (χ0n) is 19.0. The second-order valence-corrected chi connectivity index (χ2v) is 9.05. The summed E-state index contributed by atoms with van der Waals surface area (Å²) < 4.78 is 0. The van der Waals surface area contributed by atoms with Crippen LogP contribution in [0.1, 0.15) is 36.8 Å². The van der Waals surface area contributed by atoms with Crippen LogP contribution in [0.4, 0.5) is 4.79 Å². The third-order valence-electron chi connectivity index (χ3n) is 6.64. The van der Waals surface area contributed by atoms with Gasteiger partial charge in [0.05, 0.1) is 0 Å². The highest BCUT2D eigenvalue weighted by Gasteiger charge is 2.47. The van der Waals surface area contributed by atoms with Crippen LogP contribution in [0, 0.1) is 0 Å². The Labute approximate surface area is 195 Å². The maximum Gasteiger partial charge on any atom is 0.322 e. The summed E-state index contributed by atoms with van der Waals surface area (Å²) in [6.07, 6.45) is 2.81. The molecule has 5 rings (SSSR count). The number of likely N-dealkylation sites (tertiary alicyclic amines) is 2. The van der Waals surface area contributed by atoms with E-state index >= 15 is 0 Å². The number of imide groups is 1. The number of ketones is 1. The van der Waals surface area contributed by atoms with E-state index in [4.69, 9.17) is 0 Å². The Morgan fingerprint density at radius 1 is 0.697 bits per heavy atom. The Bertz CT molecular complexity index is 946. The molecule has 174 valence electrons. The number of benzene rings is 2. The fourth-order valence-electron chi connectivity index (χ4n) is 4.62. The standard InChI is InChI=1S/C14H17N3O2.C12H15NO/c18-12-14(16-13(19)15-12)6-8-17(9-7-14)10-11-4-2-1-3-5-11;14-12-6-8-13(9-7-12)10-11-4-2-1-3-5-11/h1-5H,6-10H2,(H2,15,16,18,19);1-5H,6-10H2. The van der Waals surface area contributed by atoms with Gasteiger partial charge < -0.3 is 5.32 Å². The summed E-state index contributed by atoms with van der Waals surface area (Å²) in [6.45, 7) is 5.37. The lowest BCUT2D eigenvalue weighted by Gasteiger charge is -2.36. The minimum Gasteiger partial charge on any atom is -0.323 e. The van der Waals surface area contributed by atoms with Crippen molar-refractivity contribution in [1.29, 1.82) is 0 Å². The predicted molar refractivity (Wildman–Crippen MR) is 126 cm³/mol. The molecule has 7 heteroatoms. The number of carbonyl (C=O) groups is 3. The van der Waals surface area contributed by atoms with Gasteiger partial charge in [0.1, 0.15) is 11.3 Å². The molecule has 0 saturated carbocycles. The van der Waals surface area contributed by atoms with Crippen LogP contribution >= 0.6 is 0 Å². The van der Waals surface area contributed by atoms with Crippen molar-refractivity contribution in [2.24, 2.45) is 0 Å². The predicted octanol–water partition coefficient (Wildman–Crippen LogP) is 2.71. The Hall–Kier alpha value is -3.03. The molecule has 0 aromatic heterocycles. The summed E-state index contributed by atoms with van der Waals surface area (Å²) >= 11 is 0. The van der Waals surface area contributed by atoms with Gasteiger partial charge in [0.15, 0.2) is 0 Å². The first kappa shape index (κ1) is 23.1. The van der Waals surface area contributed by atoms with E-state index in [1.54, 1.807) is 0 Å². The number of nitrogens with zero attached hydrogens (tertiary/aromatic N) is 2. The quantitative estimate of drug-likeness (QED) is 0.703. The molecule has 0 unspecified atom stereocenters. The molecule has 3 fully saturated rings. The van der Waals surface area contributed by atoms with E-state index in [1.165, 1.54) is 11.1 Å². The molecule has 3 aliphatic rings. The van der Waals surface area contributed by atoms with Crippen LogP contribution in [0.3, 0.4) is 0 Å². The lowest BCUT2D eigenvalue weighted by molar-refractivity contribution is -0.125. The fourth-order valence-corrected chi connectivity index (χ4v) is 4.62. The maximum atomic E-state index is 11.8. The van der Waals surface area contributed by atoms with Gasteiger partial charge in [-0.2, -0.15) is 0 Å². The lowest BCUT2D eigenvalue weighted by Crippen LogP contribution is -2.54. The molecule has 0 atom stereocenters. The second-order valence-electron chi connectivity index (χ2n) is 9.05. The zero-order chi connectivity index (χ0) is 23.1. The average molecular weight is 449 g/mol. The first-order chi connectivity index (χ1) is 16.0. The SMILES string of the molecule is O=C1CCN(Cc2ccccc2)CC1.O=C1NC(=O)C2(CCN(Cc3ccccc3)CC2)N1. The smallest absolute Gasteiger partial charge is 0.322 e. The van der Waals surface area contributed by atoms with Crippen molar-refractivity contribution in [3.8, 4) is 0 Å². The van der Waals surface area contributed by atoms with E-state index in [1.807, 2.05) is 24.3 Å². The molecule has 1 spiro atoms. The fraction of sp³-hybridized carbons (Fsp3) is 0.423. The van der Waals surface area contributed by atoms with E-state index in [-0.39, 0.29) is 11.9 Å². The zero-order valence-corrected chi connectivity index (χ0v) is 19.0. The Kier molecular flexibility index (Phi) is 7.52. The summed E-state index contributed by atoms with van der Waals surface area (Å²) in [7, 11) is 0. The highest BCUT2D eigenvalue weighted by atomic mass is 16.2. The highest BCUT2D eigenvalue weighted by molar-refractivity contribution is 6.07. The summed E-state index contributed by atoms with van der Waals surface area (Å²) in [5.74, 6) is 0.242. The van der Waals surface area contributed by atoms with Gasteiger partial charge in [-0.15, -0.1) is 0 Å². The number of nitrogens with one attached hydrogen (secondary N) is 2. The highest BCUT2D eigenvalue weighted by Crippen LogP contribution is 2.26. The molecule has 2 aromatic carbocycles. The number of hydrogen-bond acceptors (Lipinski definition) is 5. The molecular weight excluding hydrogens is 416 g/mol. The van der Waals surface area contributed by atoms with Crippen LogP contribution < -0.4 is 10.6 Å². The van der Waals surface area contributed by atoms with Crippen molar-refractivity contribution in [2.45, 2.75) is 44.3 Å². The van der Waals surface area contributed by atoms with Crippen molar-refractivity contribution < 1.29 is 14.4 Å². The molecule has 2 aromatic rings. The molecule has 3 amide bonds. The van der Waals surface area contributed by atoms with Crippen LogP contribution in [-0.2, 0) is 22.7 Å². The molecule has 0 aliphatic carbocycles. The summed E-state index contributed by atoms with van der Waals surface area (Å²) in [4.78, 5) is 38.8. The minimum absolute atomic E-state index is 0.170. The van der Waals surface area contributed by atoms with E-state index in [9.17, 15) is 14.4 Å². The van der Waals surface area contributed by atoms with Crippen LogP contribution in [0.25, 0.3) is 0 Å². The number of Topliss-reactive ketones (excluding diaryl/α,β-unsaturated/α-hetero) is 1. The molecule has 33 heavy (non-hydrogen) atoms. The summed E-state index contributed by atoms with van der Waals surface area (Å²) in [5.41, 5.74) is 1.95. The number of hydrogen-bond donors (Lipinski definition) is 2. The Morgan fingerprint density at radius 3 is 1.64 bits per heavy atom. The summed E-state index contributed by atoms with van der Waals surface area (Å²) in [5, 5.41) is 5.11. The largest absolute Gasteiger partial charge is 0.323 e. The molecule has 7 nitrogen and oxygen atoms in total. The molecule has 3 aliphatic heterocycles. The Balaban J connectivity index is 0.000000165. The van der Waals surface area contributed by atoms with Crippen molar-refractivity contribution >= 4 is 17.7 Å². The topological polar surface area (TPSA) is 81.8 Å². The number of piperidine rings is 2. The molecule has 3 saturated heterocycles. The lowest BCUT2D eigenvalue weighted by atomic mass is 9.87.